The van der Waals surface area contributed by atoms with E-state index in [0.29, 0.717) is 10.6 Å². The Kier molecular flexibility index (Phi) is 7.41. The fraction of sp³-hybridized carbons (Fsp3) is 0.350. The zero-order valence-electron chi connectivity index (χ0n) is 17.2. The Hall–Kier alpha value is -3.05. The molecule has 0 saturated carbocycles. The van der Waals surface area contributed by atoms with Crippen LogP contribution in [0.4, 0.5) is 0 Å². The van der Waals surface area contributed by atoms with Gasteiger partial charge in [0, 0.05) is 23.3 Å². The van der Waals surface area contributed by atoms with Crippen LogP contribution < -0.4 is 5.32 Å². The molecule has 2 aliphatic rings. The number of hydrogen-bond donors (Lipinski definition) is 2. The summed E-state index contributed by atoms with van der Waals surface area (Å²) < 4.78 is 4.89. The number of nitrogens with zero attached hydrogens (tertiary/aromatic N) is 2. The van der Waals surface area contributed by atoms with Crippen molar-refractivity contribution in [3.05, 3.63) is 46.1 Å². The molecule has 2 N–H and O–H groups in total. The molecule has 12 heteroatoms. The molecule has 1 aromatic rings. The second kappa shape index (κ2) is 10.0. The number of hydrogen-bond acceptors (Lipinski definition) is 8. The van der Waals surface area contributed by atoms with Crippen molar-refractivity contribution in [1.82, 2.24) is 10.2 Å². The van der Waals surface area contributed by atoms with Gasteiger partial charge in [0.25, 0.3) is 11.8 Å². The summed E-state index contributed by atoms with van der Waals surface area (Å²) in [6.45, 7) is 2.57. The number of esters is 1. The van der Waals surface area contributed by atoms with Crippen molar-refractivity contribution in [3.63, 3.8) is 0 Å². The molecular formula is C20H20ClN3O7S. The molecule has 0 aromatic heterocycles. The summed E-state index contributed by atoms with van der Waals surface area (Å²) in [5.41, 5.74) is 0.922. The quantitative estimate of drug-likeness (QED) is 0.247. The Morgan fingerprint density at radius 1 is 1.25 bits per heavy atom. The first-order valence-corrected chi connectivity index (χ1v) is 10.9. The SMILES string of the molecule is CC(=O)OCC1=C(C(=O)O)N2C(=O)[C@@H](NC(=O)/C(C)=N/OCc3ccc(Cl)cc3)[C@H]2SC1. The maximum atomic E-state index is 12.6. The fourth-order valence-corrected chi connectivity index (χ4v) is 4.51. The van der Waals surface area contributed by atoms with Gasteiger partial charge in [-0.2, -0.15) is 0 Å². The van der Waals surface area contributed by atoms with E-state index in [-0.39, 0.29) is 30.4 Å². The third-order valence-corrected chi connectivity index (χ3v) is 6.25. The average Bonchev–Trinajstić information content (AvgIpc) is 2.76. The van der Waals surface area contributed by atoms with Gasteiger partial charge in [0.05, 0.1) is 0 Å². The minimum absolute atomic E-state index is 0.00979. The topological polar surface area (TPSA) is 135 Å². The Bertz CT molecular complexity index is 1010. The Labute approximate surface area is 192 Å². The number of carbonyl (C=O) groups excluding carboxylic acids is 3. The number of halogens is 1. The zero-order chi connectivity index (χ0) is 23.4. The lowest BCUT2D eigenvalue weighted by atomic mass is 10.0. The summed E-state index contributed by atoms with van der Waals surface area (Å²) >= 11 is 7.09. The van der Waals surface area contributed by atoms with Crippen LogP contribution in [-0.2, 0) is 35.4 Å². The molecule has 0 aliphatic carbocycles. The molecule has 2 aliphatic heterocycles. The van der Waals surface area contributed by atoms with Gasteiger partial charge < -0.3 is 20.0 Å². The number of nitrogens with one attached hydrogen (secondary N) is 1. The summed E-state index contributed by atoms with van der Waals surface area (Å²) in [5, 5.41) is 15.9. The molecule has 0 bridgehead atoms. The third-order valence-electron chi connectivity index (χ3n) is 4.66. The van der Waals surface area contributed by atoms with Crippen molar-refractivity contribution in [2.45, 2.75) is 31.9 Å². The van der Waals surface area contributed by atoms with E-state index in [9.17, 15) is 24.3 Å². The minimum Gasteiger partial charge on any atom is -0.477 e. The van der Waals surface area contributed by atoms with Gasteiger partial charge in [-0.1, -0.05) is 28.9 Å². The lowest BCUT2D eigenvalue weighted by Gasteiger charge is -2.49. The maximum absolute atomic E-state index is 12.6. The van der Waals surface area contributed by atoms with Crippen LogP contribution >= 0.6 is 23.4 Å². The van der Waals surface area contributed by atoms with Gasteiger partial charge in [0.2, 0.25) is 0 Å². The maximum Gasteiger partial charge on any atom is 0.352 e. The number of rotatable bonds is 8. The summed E-state index contributed by atoms with van der Waals surface area (Å²) in [7, 11) is 0. The highest BCUT2D eigenvalue weighted by Gasteiger charge is 2.54. The highest BCUT2D eigenvalue weighted by Crippen LogP contribution is 2.40. The van der Waals surface area contributed by atoms with Gasteiger partial charge in [-0.3, -0.25) is 19.3 Å². The number of carboxylic acids is 1. The average molecular weight is 482 g/mol. The highest BCUT2D eigenvalue weighted by atomic mass is 35.5. The molecular weight excluding hydrogens is 462 g/mol. The molecule has 3 rings (SSSR count). The van der Waals surface area contributed by atoms with Crippen LogP contribution in [0, 0.1) is 0 Å². The lowest BCUT2D eigenvalue weighted by Crippen LogP contribution is -2.71. The third kappa shape index (κ3) is 5.22. The Balaban J connectivity index is 1.60. The van der Waals surface area contributed by atoms with E-state index in [2.05, 4.69) is 10.5 Å². The van der Waals surface area contributed by atoms with Gasteiger partial charge in [0.1, 0.15) is 36.0 Å². The van der Waals surface area contributed by atoms with E-state index < -0.39 is 35.2 Å². The molecule has 0 spiro atoms. The number of fused-ring (bicyclic) bond motifs is 1. The first-order valence-electron chi connectivity index (χ1n) is 9.44. The second-order valence-electron chi connectivity index (χ2n) is 6.98. The number of aliphatic carboxylic acids is 1. The van der Waals surface area contributed by atoms with Crippen molar-refractivity contribution in [2.24, 2.45) is 5.16 Å². The van der Waals surface area contributed by atoms with Crippen LogP contribution in [0.15, 0.2) is 40.7 Å². The van der Waals surface area contributed by atoms with E-state index >= 15 is 0 Å². The van der Waals surface area contributed by atoms with Crippen molar-refractivity contribution in [3.8, 4) is 0 Å². The lowest BCUT2D eigenvalue weighted by molar-refractivity contribution is -0.150. The van der Waals surface area contributed by atoms with E-state index in [1.165, 1.54) is 25.6 Å². The van der Waals surface area contributed by atoms with Crippen molar-refractivity contribution < 1.29 is 33.9 Å². The van der Waals surface area contributed by atoms with Crippen molar-refractivity contribution in [1.29, 1.82) is 0 Å². The van der Waals surface area contributed by atoms with Crippen LogP contribution in [-0.4, -0.2) is 63.2 Å². The number of thioether (sulfide) groups is 1. The van der Waals surface area contributed by atoms with Crippen LogP contribution in [0.1, 0.15) is 19.4 Å². The van der Waals surface area contributed by atoms with E-state index in [4.69, 9.17) is 21.2 Å². The summed E-state index contributed by atoms with van der Waals surface area (Å²) in [5.74, 6) is -2.78. The normalized spacial score (nSPS) is 20.3. The second-order valence-corrected chi connectivity index (χ2v) is 8.52. The molecule has 2 heterocycles. The van der Waals surface area contributed by atoms with Crippen LogP contribution in [0.2, 0.25) is 5.02 Å². The van der Waals surface area contributed by atoms with Gasteiger partial charge in [-0.05, 0) is 24.6 Å². The molecule has 1 fully saturated rings. The Morgan fingerprint density at radius 2 is 1.94 bits per heavy atom. The van der Waals surface area contributed by atoms with Crippen molar-refractivity contribution >= 4 is 52.8 Å². The minimum atomic E-state index is -1.30. The smallest absolute Gasteiger partial charge is 0.352 e. The Morgan fingerprint density at radius 3 is 2.56 bits per heavy atom. The summed E-state index contributed by atoms with van der Waals surface area (Å²) in [4.78, 5) is 54.0. The molecule has 2 amide bonds. The molecule has 10 nitrogen and oxygen atoms in total. The number of benzene rings is 1. The predicted octanol–water partition coefficient (Wildman–Crippen LogP) is 1.53. The van der Waals surface area contributed by atoms with Crippen LogP contribution in [0.5, 0.6) is 0 Å². The number of amides is 2. The number of β-lactam (4-membered cyclic amide) rings is 1. The summed E-state index contributed by atoms with van der Waals surface area (Å²) in [6.07, 6.45) is 0. The van der Waals surface area contributed by atoms with E-state index in [0.717, 1.165) is 10.5 Å². The molecule has 2 atom stereocenters. The van der Waals surface area contributed by atoms with Crippen LogP contribution in [0.3, 0.4) is 0 Å². The molecule has 32 heavy (non-hydrogen) atoms. The number of carboxylic acid groups (broad SMARTS) is 1. The molecule has 1 aromatic carbocycles. The van der Waals surface area contributed by atoms with Crippen LogP contribution in [0.25, 0.3) is 0 Å². The number of ether oxygens (including phenoxy) is 1. The van der Waals surface area contributed by atoms with Gasteiger partial charge in [-0.25, -0.2) is 4.79 Å². The molecule has 1 saturated heterocycles. The monoisotopic (exact) mass is 481 g/mol. The zero-order valence-corrected chi connectivity index (χ0v) is 18.7. The number of oxime groups is 1. The van der Waals surface area contributed by atoms with Gasteiger partial charge in [0.15, 0.2) is 0 Å². The van der Waals surface area contributed by atoms with E-state index in [1.54, 1.807) is 24.3 Å². The van der Waals surface area contributed by atoms with Crippen molar-refractivity contribution in [2.75, 3.05) is 12.4 Å². The first-order chi connectivity index (χ1) is 15.2. The standard InChI is InChI=1S/C20H20ClN3O7S/c1-10(23-31-7-12-3-5-14(21)6-4-12)17(26)22-15-18(27)24-16(20(28)29)13(8-30-11(2)25)9-32-19(15)24/h3-6,15,19H,7-9H2,1-2H3,(H,22,26)(H,28,29)/b23-10+/t15-,19-/m1/s1. The van der Waals surface area contributed by atoms with Gasteiger partial charge in [-0.15, -0.1) is 11.8 Å². The number of carbonyl (C=O) groups is 4. The molecule has 0 unspecified atom stereocenters. The predicted molar refractivity (Wildman–Crippen MR) is 116 cm³/mol. The molecule has 170 valence electrons. The summed E-state index contributed by atoms with van der Waals surface area (Å²) in [6, 6.07) is 6.03. The highest BCUT2D eigenvalue weighted by molar-refractivity contribution is 8.00. The molecule has 0 radical (unpaired) electrons. The van der Waals surface area contributed by atoms with E-state index in [1.807, 2.05) is 0 Å². The fourth-order valence-electron chi connectivity index (χ4n) is 3.05. The largest absolute Gasteiger partial charge is 0.477 e. The van der Waals surface area contributed by atoms with Gasteiger partial charge >= 0.3 is 11.9 Å². The first kappa shape index (κ1) is 23.6.